The SMILES string of the molecule is CC(C)CS(=O)(=O)CC(CC(=O)N1CCOCC1)C(=O)N[C@@H](CCc1ccccc1)C(O)c1ncco1. The van der Waals surface area contributed by atoms with Crippen molar-refractivity contribution in [3.63, 3.8) is 0 Å². The van der Waals surface area contributed by atoms with Gasteiger partial charge in [-0.15, -0.1) is 0 Å². The number of aromatic nitrogens is 1. The molecule has 1 aliphatic rings. The summed E-state index contributed by atoms with van der Waals surface area (Å²) in [5.74, 6) is -2.60. The summed E-state index contributed by atoms with van der Waals surface area (Å²) < 4.78 is 36.2. The summed E-state index contributed by atoms with van der Waals surface area (Å²) in [6, 6.07) is 8.79. The first-order valence-corrected chi connectivity index (χ1v) is 14.4. The van der Waals surface area contributed by atoms with Gasteiger partial charge in [0.25, 0.3) is 0 Å². The second kappa shape index (κ2) is 13.7. The molecule has 1 fully saturated rings. The van der Waals surface area contributed by atoms with E-state index in [-0.39, 0.29) is 29.9 Å². The van der Waals surface area contributed by atoms with E-state index in [1.807, 2.05) is 30.3 Å². The van der Waals surface area contributed by atoms with Crippen LogP contribution in [-0.4, -0.2) is 79.1 Å². The van der Waals surface area contributed by atoms with Crippen molar-refractivity contribution < 1.29 is 32.3 Å². The van der Waals surface area contributed by atoms with Gasteiger partial charge in [-0.2, -0.15) is 0 Å². The topological polar surface area (TPSA) is 139 Å². The zero-order chi connectivity index (χ0) is 26.8. The first kappa shape index (κ1) is 28.8. The van der Waals surface area contributed by atoms with Gasteiger partial charge in [0.2, 0.25) is 17.7 Å². The maximum absolute atomic E-state index is 13.5. The smallest absolute Gasteiger partial charge is 0.224 e. The highest BCUT2D eigenvalue weighted by Gasteiger charge is 2.34. The van der Waals surface area contributed by atoms with E-state index >= 15 is 0 Å². The van der Waals surface area contributed by atoms with Gasteiger partial charge in [-0.05, 0) is 24.3 Å². The summed E-state index contributed by atoms with van der Waals surface area (Å²) in [5, 5.41) is 13.7. The number of hydrogen-bond acceptors (Lipinski definition) is 8. The summed E-state index contributed by atoms with van der Waals surface area (Å²) in [6.07, 6.45) is 2.14. The van der Waals surface area contributed by atoms with Crippen LogP contribution in [0.25, 0.3) is 0 Å². The summed E-state index contributed by atoms with van der Waals surface area (Å²) >= 11 is 0. The van der Waals surface area contributed by atoms with E-state index in [1.165, 1.54) is 12.5 Å². The molecule has 0 bridgehead atoms. The Balaban J connectivity index is 1.78. The van der Waals surface area contributed by atoms with Crippen LogP contribution in [0.5, 0.6) is 0 Å². The number of benzene rings is 1. The molecule has 2 aromatic rings. The van der Waals surface area contributed by atoms with Crippen molar-refractivity contribution in [2.24, 2.45) is 11.8 Å². The Morgan fingerprint density at radius 3 is 2.46 bits per heavy atom. The lowest BCUT2D eigenvalue weighted by molar-refractivity contribution is -0.139. The first-order chi connectivity index (χ1) is 17.6. The number of amides is 2. The third-order valence-corrected chi connectivity index (χ3v) is 8.28. The van der Waals surface area contributed by atoms with Crippen LogP contribution in [0.1, 0.15) is 44.2 Å². The molecule has 0 spiro atoms. The molecule has 204 valence electrons. The molecule has 2 unspecified atom stereocenters. The van der Waals surface area contributed by atoms with Gasteiger partial charge in [0, 0.05) is 19.5 Å². The van der Waals surface area contributed by atoms with E-state index in [2.05, 4.69) is 10.3 Å². The van der Waals surface area contributed by atoms with Crippen molar-refractivity contribution in [3.05, 3.63) is 54.2 Å². The second-order valence-electron chi connectivity index (χ2n) is 9.82. The van der Waals surface area contributed by atoms with Crippen molar-refractivity contribution in [2.75, 3.05) is 37.8 Å². The Morgan fingerprint density at radius 1 is 1.14 bits per heavy atom. The number of carbonyl (C=O) groups is 2. The number of sulfone groups is 1. The number of nitrogens with one attached hydrogen (secondary N) is 1. The molecule has 1 saturated heterocycles. The Bertz CT molecular complexity index is 1080. The van der Waals surface area contributed by atoms with Gasteiger partial charge in [0.05, 0.1) is 42.9 Å². The van der Waals surface area contributed by atoms with Crippen LogP contribution in [0.4, 0.5) is 0 Å². The van der Waals surface area contributed by atoms with Gasteiger partial charge in [-0.3, -0.25) is 9.59 Å². The zero-order valence-electron chi connectivity index (χ0n) is 21.4. The molecule has 37 heavy (non-hydrogen) atoms. The molecule has 3 rings (SSSR count). The van der Waals surface area contributed by atoms with Crippen molar-refractivity contribution in [3.8, 4) is 0 Å². The maximum Gasteiger partial charge on any atom is 0.224 e. The Hall–Kier alpha value is -2.76. The number of aliphatic hydroxyl groups excluding tert-OH is 1. The maximum atomic E-state index is 13.5. The number of hydrogen-bond donors (Lipinski definition) is 2. The molecule has 0 aliphatic carbocycles. The second-order valence-corrected chi connectivity index (χ2v) is 12.0. The van der Waals surface area contributed by atoms with Crippen LogP contribution < -0.4 is 5.32 Å². The van der Waals surface area contributed by atoms with Crippen LogP contribution in [0, 0.1) is 11.8 Å². The summed E-state index contributed by atoms with van der Waals surface area (Å²) in [7, 11) is -3.61. The zero-order valence-corrected chi connectivity index (χ0v) is 22.2. The lowest BCUT2D eigenvalue weighted by Crippen LogP contribution is -2.47. The average molecular weight is 536 g/mol. The van der Waals surface area contributed by atoms with Gasteiger partial charge < -0.3 is 24.5 Å². The van der Waals surface area contributed by atoms with Crippen molar-refractivity contribution in [1.82, 2.24) is 15.2 Å². The molecule has 3 atom stereocenters. The standard InChI is InChI=1S/C26H37N3O7S/c1-19(2)17-37(33,34)18-21(16-23(30)29-11-14-35-15-12-29)25(32)28-22(24(31)26-27-10-13-36-26)9-8-20-6-4-3-5-7-20/h3-7,10,13,19,21-22,24,31H,8-9,11-12,14-18H2,1-2H3,(H,28,32)/t21?,22-,24?/m0/s1. The predicted octanol–water partition coefficient (Wildman–Crippen LogP) is 1.76. The number of rotatable bonds is 13. The molecule has 2 heterocycles. The molecule has 11 heteroatoms. The number of aryl methyl sites for hydroxylation is 1. The number of ether oxygens (including phenoxy) is 1. The normalized spacial score (nSPS) is 16.8. The molecule has 1 aromatic carbocycles. The summed E-state index contributed by atoms with van der Waals surface area (Å²) in [6.45, 7) is 5.18. The van der Waals surface area contributed by atoms with Gasteiger partial charge in [-0.1, -0.05) is 44.2 Å². The van der Waals surface area contributed by atoms with Crippen molar-refractivity contribution in [2.45, 2.75) is 45.3 Å². The van der Waals surface area contributed by atoms with Gasteiger partial charge in [0.15, 0.2) is 15.9 Å². The Kier molecular flexibility index (Phi) is 10.7. The third kappa shape index (κ3) is 9.24. The average Bonchev–Trinajstić information content (AvgIpc) is 3.41. The molecular formula is C26H37N3O7S. The fourth-order valence-corrected chi connectivity index (χ4v) is 6.43. The van der Waals surface area contributed by atoms with Crippen molar-refractivity contribution in [1.29, 1.82) is 0 Å². The lowest BCUT2D eigenvalue weighted by atomic mass is 9.99. The molecule has 2 N–H and O–H groups in total. The van der Waals surface area contributed by atoms with Crippen LogP contribution in [0.15, 0.2) is 47.2 Å². The van der Waals surface area contributed by atoms with E-state index in [9.17, 15) is 23.1 Å². The fourth-order valence-electron chi connectivity index (χ4n) is 4.39. The van der Waals surface area contributed by atoms with Gasteiger partial charge >= 0.3 is 0 Å². The van der Waals surface area contributed by atoms with Crippen LogP contribution >= 0.6 is 0 Å². The molecule has 1 aromatic heterocycles. The van der Waals surface area contributed by atoms with E-state index in [1.54, 1.807) is 18.7 Å². The number of nitrogens with zero attached hydrogens (tertiary/aromatic N) is 2. The van der Waals surface area contributed by atoms with Gasteiger partial charge in [-0.25, -0.2) is 13.4 Å². The van der Waals surface area contributed by atoms with E-state index in [4.69, 9.17) is 9.15 Å². The minimum Gasteiger partial charge on any atom is -0.446 e. The summed E-state index contributed by atoms with van der Waals surface area (Å²) in [4.78, 5) is 32.0. The highest BCUT2D eigenvalue weighted by Crippen LogP contribution is 2.21. The Morgan fingerprint density at radius 2 is 1.84 bits per heavy atom. The monoisotopic (exact) mass is 535 g/mol. The Labute approximate surface area is 218 Å². The van der Waals surface area contributed by atoms with E-state index in [0.29, 0.717) is 39.1 Å². The van der Waals surface area contributed by atoms with E-state index < -0.39 is 39.6 Å². The first-order valence-electron chi connectivity index (χ1n) is 12.6. The molecular weight excluding hydrogens is 498 g/mol. The number of morpholine rings is 1. The minimum absolute atomic E-state index is 0.0479. The highest BCUT2D eigenvalue weighted by molar-refractivity contribution is 7.91. The predicted molar refractivity (Wildman–Crippen MR) is 137 cm³/mol. The molecule has 2 amide bonds. The fraction of sp³-hybridized carbons (Fsp3) is 0.577. The van der Waals surface area contributed by atoms with Crippen molar-refractivity contribution >= 4 is 21.7 Å². The van der Waals surface area contributed by atoms with Gasteiger partial charge in [0.1, 0.15) is 6.26 Å². The minimum atomic E-state index is -3.61. The largest absolute Gasteiger partial charge is 0.446 e. The number of oxazole rings is 1. The summed E-state index contributed by atoms with van der Waals surface area (Å²) in [5.41, 5.74) is 1.01. The lowest BCUT2D eigenvalue weighted by Gasteiger charge is -2.29. The van der Waals surface area contributed by atoms with Crippen LogP contribution in [0.2, 0.25) is 0 Å². The molecule has 10 nitrogen and oxygen atoms in total. The number of carbonyl (C=O) groups excluding carboxylic acids is 2. The van der Waals surface area contributed by atoms with Crippen LogP contribution in [0.3, 0.4) is 0 Å². The third-order valence-electron chi connectivity index (χ3n) is 6.20. The molecule has 1 aliphatic heterocycles. The molecule has 0 radical (unpaired) electrons. The highest BCUT2D eigenvalue weighted by atomic mass is 32.2. The quantitative estimate of drug-likeness (QED) is 0.396. The molecule has 0 saturated carbocycles. The number of aliphatic hydroxyl groups is 1. The van der Waals surface area contributed by atoms with Crippen LogP contribution in [-0.2, 0) is 30.6 Å². The van der Waals surface area contributed by atoms with E-state index in [0.717, 1.165) is 5.56 Å².